The lowest BCUT2D eigenvalue weighted by Crippen LogP contribution is -2.27. The predicted molar refractivity (Wildman–Crippen MR) is 69.3 cm³/mol. The van der Waals surface area contributed by atoms with E-state index in [1.807, 2.05) is 31.2 Å². The highest BCUT2D eigenvalue weighted by molar-refractivity contribution is 5.92. The van der Waals surface area contributed by atoms with Gasteiger partial charge in [0.1, 0.15) is 5.75 Å². The van der Waals surface area contributed by atoms with E-state index in [2.05, 4.69) is 17.2 Å². The number of nitrogens with one attached hydrogen (secondary N) is 2. The van der Waals surface area contributed by atoms with Crippen molar-refractivity contribution >= 4 is 11.6 Å². The summed E-state index contributed by atoms with van der Waals surface area (Å²) >= 11 is 0. The Labute approximate surface area is 102 Å². The predicted octanol–water partition coefficient (Wildman–Crippen LogP) is 1.80. The van der Waals surface area contributed by atoms with Crippen LogP contribution in [0.5, 0.6) is 5.75 Å². The van der Waals surface area contributed by atoms with Gasteiger partial charge in [0.05, 0.1) is 13.2 Å². The van der Waals surface area contributed by atoms with Crippen LogP contribution in [0.4, 0.5) is 5.69 Å². The minimum atomic E-state index is -0.0731. The number of hydrogen-bond donors (Lipinski definition) is 2. The molecule has 0 fully saturated rings. The summed E-state index contributed by atoms with van der Waals surface area (Å²) in [7, 11) is 0. The molecular weight excluding hydrogens is 216 g/mol. The average molecular weight is 234 g/mol. The Bertz CT molecular complexity index is 360. The zero-order valence-corrected chi connectivity index (χ0v) is 10.0. The number of anilines is 1. The van der Waals surface area contributed by atoms with Crippen LogP contribution in [0.25, 0.3) is 0 Å². The number of ether oxygens (including phenoxy) is 1. The number of carbonyl (C=O) groups is 1. The van der Waals surface area contributed by atoms with Gasteiger partial charge in [0.15, 0.2) is 0 Å². The van der Waals surface area contributed by atoms with E-state index in [9.17, 15) is 4.79 Å². The Balaban J connectivity index is 2.40. The van der Waals surface area contributed by atoms with Crippen molar-refractivity contribution < 1.29 is 9.53 Å². The third-order valence-corrected chi connectivity index (χ3v) is 2.02. The molecule has 0 bridgehead atoms. The molecule has 0 aliphatic rings. The van der Waals surface area contributed by atoms with E-state index in [0.29, 0.717) is 13.2 Å². The summed E-state index contributed by atoms with van der Waals surface area (Å²) in [6, 6.07) is 7.29. The third kappa shape index (κ3) is 5.17. The first-order valence-electron chi connectivity index (χ1n) is 5.60. The molecule has 1 aromatic rings. The molecule has 17 heavy (non-hydrogen) atoms. The molecule has 0 unspecified atom stereocenters. The number of benzene rings is 1. The van der Waals surface area contributed by atoms with Gasteiger partial charge < -0.3 is 15.4 Å². The van der Waals surface area contributed by atoms with Gasteiger partial charge in [0.2, 0.25) is 5.91 Å². The molecule has 1 aromatic carbocycles. The minimum Gasteiger partial charge on any atom is -0.494 e. The van der Waals surface area contributed by atoms with Crippen LogP contribution in [-0.2, 0) is 4.79 Å². The zero-order chi connectivity index (χ0) is 12.5. The number of carbonyl (C=O) groups excluding carboxylic acids is 1. The maximum atomic E-state index is 11.5. The number of hydrogen-bond acceptors (Lipinski definition) is 3. The first-order valence-corrected chi connectivity index (χ1v) is 5.60. The van der Waals surface area contributed by atoms with E-state index in [1.54, 1.807) is 6.08 Å². The van der Waals surface area contributed by atoms with Gasteiger partial charge in [-0.05, 0) is 31.2 Å². The van der Waals surface area contributed by atoms with Crippen molar-refractivity contribution in [2.24, 2.45) is 0 Å². The van der Waals surface area contributed by atoms with Crippen LogP contribution in [0.2, 0.25) is 0 Å². The second-order valence-electron chi connectivity index (χ2n) is 3.43. The molecule has 92 valence electrons. The molecule has 0 aromatic heterocycles. The SMILES string of the molecule is C=CCNCC(=O)Nc1ccc(OCC)cc1. The summed E-state index contributed by atoms with van der Waals surface area (Å²) in [6.45, 7) is 7.03. The second kappa shape index (κ2) is 7.46. The second-order valence-corrected chi connectivity index (χ2v) is 3.43. The van der Waals surface area contributed by atoms with Crippen molar-refractivity contribution in [1.82, 2.24) is 5.32 Å². The maximum absolute atomic E-state index is 11.5. The maximum Gasteiger partial charge on any atom is 0.238 e. The standard InChI is InChI=1S/C13H18N2O2/c1-3-9-14-10-13(16)15-11-5-7-12(8-6-11)17-4-2/h3,5-8,14H,1,4,9-10H2,2H3,(H,15,16). The minimum absolute atomic E-state index is 0.0731. The van der Waals surface area contributed by atoms with Gasteiger partial charge in [0.25, 0.3) is 0 Å². The Morgan fingerprint density at radius 2 is 2.12 bits per heavy atom. The fourth-order valence-electron chi connectivity index (χ4n) is 1.29. The summed E-state index contributed by atoms with van der Waals surface area (Å²) in [4.78, 5) is 11.5. The summed E-state index contributed by atoms with van der Waals surface area (Å²) < 4.78 is 5.31. The Morgan fingerprint density at radius 1 is 1.41 bits per heavy atom. The van der Waals surface area contributed by atoms with Crippen LogP contribution < -0.4 is 15.4 Å². The third-order valence-electron chi connectivity index (χ3n) is 2.02. The van der Waals surface area contributed by atoms with Gasteiger partial charge in [-0.2, -0.15) is 0 Å². The summed E-state index contributed by atoms with van der Waals surface area (Å²) in [5.41, 5.74) is 0.763. The fourth-order valence-corrected chi connectivity index (χ4v) is 1.29. The monoisotopic (exact) mass is 234 g/mol. The van der Waals surface area contributed by atoms with Crippen molar-refractivity contribution in [3.63, 3.8) is 0 Å². The van der Waals surface area contributed by atoms with Crippen LogP contribution in [-0.4, -0.2) is 25.6 Å². The molecular formula is C13H18N2O2. The molecule has 0 saturated carbocycles. The highest BCUT2D eigenvalue weighted by Crippen LogP contribution is 2.15. The van der Waals surface area contributed by atoms with Gasteiger partial charge in [0, 0.05) is 12.2 Å². The smallest absolute Gasteiger partial charge is 0.238 e. The lowest BCUT2D eigenvalue weighted by molar-refractivity contribution is -0.115. The highest BCUT2D eigenvalue weighted by atomic mass is 16.5. The number of amides is 1. The van der Waals surface area contributed by atoms with E-state index in [0.717, 1.165) is 11.4 Å². The lowest BCUT2D eigenvalue weighted by atomic mass is 10.3. The number of rotatable bonds is 7. The first kappa shape index (κ1) is 13.3. The molecule has 0 radical (unpaired) electrons. The summed E-state index contributed by atoms with van der Waals surface area (Å²) in [5, 5.41) is 5.71. The van der Waals surface area contributed by atoms with Crippen LogP contribution in [0.1, 0.15) is 6.92 Å². The molecule has 1 rings (SSSR count). The van der Waals surface area contributed by atoms with Crippen molar-refractivity contribution in [3.8, 4) is 5.75 Å². The normalized spacial score (nSPS) is 9.71. The van der Waals surface area contributed by atoms with Crippen LogP contribution >= 0.6 is 0 Å². The molecule has 0 spiro atoms. The van der Waals surface area contributed by atoms with Crippen molar-refractivity contribution in [1.29, 1.82) is 0 Å². The molecule has 0 heterocycles. The molecule has 0 saturated heterocycles. The van der Waals surface area contributed by atoms with E-state index < -0.39 is 0 Å². The van der Waals surface area contributed by atoms with E-state index >= 15 is 0 Å². The molecule has 0 aliphatic carbocycles. The molecule has 0 aliphatic heterocycles. The summed E-state index contributed by atoms with van der Waals surface area (Å²) in [6.07, 6.45) is 1.71. The molecule has 4 nitrogen and oxygen atoms in total. The van der Waals surface area contributed by atoms with Gasteiger partial charge in [-0.25, -0.2) is 0 Å². The van der Waals surface area contributed by atoms with Gasteiger partial charge in [-0.3, -0.25) is 4.79 Å². The Hall–Kier alpha value is -1.81. The van der Waals surface area contributed by atoms with Crippen LogP contribution in [0.15, 0.2) is 36.9 Å². The quantitative estimate of drug-likeness (QED) is 0.558. The Morgan fingerprint density at radius 3 is 2.71 bits per heavy atom. The van der Waals surface area contributed by atoms with Gasteiger partial charge in [-0.15, -0.1) is 6.58 Å². The van der Waals surface area contributed by atoms with Crippen LogP contribution in [0.3, 0.4) is 0 Å². The highest BCUT2D eigenvalue weighted by Gasteiger charge is 2.01. The molecule has 1 amide bonds. The Kier molecular flexibility index (Phi) is 5.82. The van der Waals surface area contributed by atoms with E-state index in [1.165, 1.54) is 0 Å². The van der Waals surface area contributed by atoms with Crippen LogP contribution in [0, 0.1) is 0 Å². The van der Waals surface area contributed by atoms with Gasteiger partial charge in [-0.1, -0.05) is 6.08 Å². The topological polar surface area (TPSA) is 50.4 Å². The molecule has 4 heteroatoms. The fraction of sp³-hybridized carbons (Fsp3) is 0.308. The first-order chi connectivity index (χ1) is 8.26. The molecule has 0 atom stereocenters. The average Bonchev–Trinajstić information content (AvgIpc) is 2.32. The molecule has 2 N–H and O–H groups in total. The van der Waals surface area contributed by atoms with Crippen molar-refractivity contribution in [3.05, 3.63) is 36.9 Å². The summed E-state index contributed by atoms with van der Waals surface area (Å²) in [5.74, 6) is 0.728. The largest absolute Gasteiger partial charge is 0.494 e. The van der Waals surface area contributed by atoms with Gasteiger partial charge >= 0.3 is 0 Å². The zero-order valence-electron chi connectivity index (χ0n) is 10.0. The van der Waals surface area contributed by atoms with E-state index in [-0.39, 0.29) is 12.5 Å². The van der Waals surface area contributed by atoms with Crippen molar-refractivity contribution in [2.45, 2.75) is 6.92 Å². The lowest BCUT2D eigenvalue weighted by Gasteiger charge is -2.07. The van der Waals surface area contributed by atoms with E-state index in [4.69, 9.17) is 4.74 Å². The van der Waals surface area contributed by atoms with Crippen molar-refractivity contribution in [2.75, 3.05) is 25.0 Å².